The summed E-state index contributed by atoms with van der Waals surface area (Å²) in [5.74, 6) is -4.77. The maximum atomic E-state index is 12.8. The van der Waals surface area contributed by atoms with Gasteiger partial charge < -0.3 is 36.9 Å². The van der Waals surface area contributed by atoms with Crippen LogP contribution in [0.4, 0.5) is 0 Å². The average molecular weight is 454 g/mol. The number of amides is 3. The van der Waals surface area contributed by atoms with Crippen LogP contribution in [0, 0.1) is 5.92 Å². The van der Waals surface area contributed by atoms with Gasteiger partial charge in [0.05, 0.1) is 18.8 Å². The second-order valence-corrected chi connectivity index (χ2v) is 7.81. The van der Waals surface area contributed by atoms with E-state index in [0.717, 1.165) is 0 Å². The summed E-state index contributed by atoms with van der Waals surface area (Å²) in [5.41, 5.74) is 5.99. The number of aromatic nitrogens is 2. The Morgan fingerprint density at radius 3 is 2.12 bits per heavy atom. The highest BCUT2D eigenvalue weighted by Crippen LogP contribution is 2.07. The van der Waals surface area contributed by atoms with E-state index in [0.29, 0.717) is 5.69 Å². The van der Waals surface area contributed by atoms with Crippen LogP contribution in [-0.4, -0.2) is 74.0 Å². The molecule has 8 N–H and O–H groups in total. The van der Waals surface area contributed by atoms with Crippen LogP contribution >= 0.6 is 0 Å². The SMILES string of the molecule is CC(C)CC(NC(=O)C(Cc1cnc[nH]1)NC(=O)C(C)NC(=O)C(N)CC(=O)O)C(=O)O. The van der Waals surface area contributed by atoms with E-state index in [1.807, 2.05) is 13.8 Å². The first-order chi connectivity index (χ1) is 14.9. The Morgan fingerprint density at radius 2 is 1.62 bits per heavy atom. The predicted octanol–water partition coefficient (Wildman–Crippen LogP) is -1.64. The number of nitrogens with one attached hydrogen (secondary N) is 4. The van der Waals surface area contributed by atoms with Crippen molar-refractivity contribution in [3.63, 3.8) is 0 Å². The standard InChI is InChI=1S/C19H30N6O7/c1-9(2)4-14(19(31)32)25-18(30)13(5-11-7-21-8-22-11)24-16(28)10(3)23-17(29)12(20)6-15(26)27/h7-10,12-14H,4-6,20H2,1-3H3,(H,21,22)(H,23,29)(H,24,28)(H,25,30)(H,26,27)(H,31,32). The van der Waals surface area contributed by atoms with Gasteiger partial charge >= 0.3 is 11.9 Å². The molecule has 0 aliphatic rings. The van der Waals surface area contributed by atoms with Gasteiger partial charge in [0.25, 0.3) is 0 Å². The third kappa shape index (κ3) is 9.12. The second kappa shape index (κ2) is 12.4. The molecule has 1 rings (SSSR count). The van der Waals surface area contributed by atoms with Crippen molar-refractivity contribution < 1.29 is 34.2 Å². The fourth-order valence-corrected chi connectivity index (χ4v) is 2.75. The average Bonchev–Trinajstić information content (AvgIpc) is 3.18. The largest absolute Gasteiger partial charge is 0.481 e. The highest BCUT2D eigenvalue weighted by Gasteiger charge is 2.29. The van der Waals surface area contributed by atoms with E-state index in [1.165, 1.54) is 19.4 Å². The number of aromatic amines is 1. The molecule has 3 amide bonds. The van der Waals surface area contributed by atoms with E-state index < -0.39 is 60.2 Å². The summed E-state index contributed by atoms with van der Waals surface area (Å²) in [6.07, 6.45) is 2.41. The van der Waals surface area contributed by atoms with Crippen LogP contribution in [0.1, 0.15) is 39.3 Å². The molecular formula is C19H30N6O7. The molecule has 1 aromatic rings. The van der Waals surface area contributed by atoms with Crippen molar-refractivity contribution in [3.05, 3.63) is 18.2 Å². The molecule has 0 radical (unpaired) electrons. The van der Waals surface area contributed by atoms with Gasteiger partial charge in [-0.1, -0.05) is 13.8 Å². The number of carboxylic acids is 2. The molecular weight excluding hydrogens is 424 g/mol. The van der Waals surface area contributed by atoms with Crippen LogP contribution in [0.2, 0.25) is 0 Å². The molecule has 1 heterocycles. The lowest BCUT2D eigenvalue weighted by Gasteiger charge is -2.24. The number of H-pyrrole nitrogens is 1. The van der Waals surface area contributed by atoms with Crippen LogP contribution in [0.15, 0.2) is 12.5 Å². The van der Waals surface area contributed by atoms with Gasteiger partial charge in [-0.15, -0.1) is 0 Å². The number of nitrogens with zero attached hydrogens (tertiary/aromatic N) is 1. The number of imidazole rings is 1. The Hall–Kier alpha value is -3.48. The number of carboxylic acid groups (broad SMARTS) is 2. The lowest BCUT2D eigenvalue weighted by atomic mass is 10.0. The number of hydrogen-bond acceptors (Lipinski definition) is 7. The quantitative estimate of drug-likeness (QED) is 0.181. The molecule has 0 spiro atoms. The maximum absolute atomic E-state index is 12.8. The van der Waals surface area contributed by atoms with E-state index >= 15 is 0 Å². The normalized spacial score (nSPS) is 14.7. The van der Waals surface area contributed by atoms with Gasteiger partial charge in [0.15, 0.2) is 0 Å². The first-order valence-electron chi connectivity index (χ1n) is 9.99. The van der Waals surface area contributed by atoms with Gasteiger partial charge in [0, 0.05) is 18.3 Å². The van der Waals surface area contributed by atoms with Crippen LogP contribution in [0.25, 0.3) is 0 Å². The first kappa shape index (κ1) is 26.6. The van der Waals surface area contributed by atoms with Gasteiger partial charge in [-0.3, -0.25) is 19.2 Å². The molecule has 0 aliphatic heterocycles. The fourth-order valence-electron chi connectivity index (χ4n) is 2.75. The minimum Gasteiger partial charge on any atom is -0.481 e. The summed E-state index contributed by atoms with van der Waals surface area (Å²) in [4.78, 5) is 66.1. The molecule has 32 heavy (non-hydrogen) atoms. The third-order valence-corrected chi connectivity index (χ3v) is 4.42. The van der Waals surface area contributed by atoms with Crippen molar-refractivity contribution in [1.82, 2.24) is 25.9 Å². The molecule has 0 fully saturated rings. The molecule has 178 valence electrons. The van der Waals surface area contributed by atoms with Crippen LogP contribution in [-0.2, 0) is 30.4 Å². The lowest BCUT2D eigenvalue weighted by Crippen LogP contribution is -2.57. The molecule has 0 saturated heterocycles. The molecule has 1 aromatic heterocycles. The monoisotopic (exact) mass is 454 g/mol. The second-order valence-electron chi connectivity index (χ2n) is 7.81. The van der Waals surface area contributed by atoms with Crippen LogP contribution < -0.4 is 21.7 Å². The Balaban J connectivity index is 2.88. The number of hydrogen-bond donors (Lipinski definition) is 7. The van der Waals surface area contributed by atoms with Gasteiger partial charge in [0.1, 0.15) is 18.1 Å². The van der Waals surface area contributed by atoms with E-state index in [1.54, 1.807) is 0 Å². The maximum Gasteiger partial charge on any atom is 0.326 e. The van der Waals surface area contributed by atoms with Crippen molar-refractivity contribution >= 4 is 29.7 Å². The summed E-state index contributed by atoms with van der Waals surface area (Å²) in [7, 11) is 0. The zero-order chi connectivity index (χ0) is 24.4. The van der Waals surface area contributed by atoms with Crippen LogP contribution in [0.5, 0.6) is 0 Å². The minimum absolute atomic E-state index is 0.00212. The molecule has 0 saturated carbocycles. The molecule has 0 aromatic carbocycles. The summed E-state index contributed by atoms with van der Waals surface area (Å²) < 4.78 is 0. The van der Waals surface area contributed by atoms with Gasteiger partial charge in [0.2, 0.25) is 17.7 Å². The highest BCUT2D eigenvalue weighted by atomic mass is 16.4. The number of nitrogens with two attached hydrogens (primary N) is 1. The Morgan fingerprint density at radius 1 is 1.00 bits per heavy atom. The van der Waals surface area contributed by atoms with Crippen molar-refractivity contribution in [2.45, 2.75) is 64.2 Å². The lowest BCUT2D eigenvalue weighted by molar-refractivity contribution is -0.142. The number of carbonyl (C=O) groups excluding carboxylic acids is 3. The van der Waals surface area contributed by atoms with Crippen LogP contribution in [0.3, 0.4) is 0 Å². The zero-order valence-electron chi connectivity index (χ0n) is 18.1. The molecule has 13 nitrogen and oxygen atoms in total. The minimum atomic E-state index is -1.35. The third-order valence-electron chi connectivity index (χ3n) is 4.42. The van der Waals surface area contributed by atoms with E-state index in [2.05, 4.69) is 25.9 Å². The van der Waals surface area contributed by atoms with Crippen molar-refractivity contribution in [2.24, 2.45) is 11.7 Å². The van der Waals surface area contributed by atoms with Gasteiger partial charge in [-0.2, -0.15) is 0 Å². The van der Waals surface area contributed by atoms with E-state index in [4.69, 9.17) is 10.8 Å². The van der Waals surface area contributed by atoms with Gasteiger partial charge in [-0.05, 0) is 19.3 Å². The summed E-state index contributed by atoms with van der Waals surface area (Å²) in [6, 6.07) is -4.79. The number of carbonyl (C=O) groups is 5. The molecule has 13 heteroatoms. The Kier molecular flexibility index (Phi) is 10.3. The van der Waals surface area contributed by atoms with Crippen molar-refractivity contribution in [1.29, 1.82) is 0 Å². The number of rotatable bonds is 13. The zero-order valence-corrected chi connectivity index (χ0v) is 18.1. The summed E-state index contributed by atoms with van der Waals surface area (Å²) in [6.45, 7) is 4.96. The summed E-state index contributed by atoms with van der Waals surface area (Å²) in [5, 5.41) is 25.3. The topological polar surface area (TPSA) is 217 Å². The number of aliphatic carboxylic acids is 2. The van der Waals surface area contributed by atoms with E-state index in [9.17, 15) is 29.1 Å². The van der Waals surface area contributed by atoms with Gasteiger partial charge in [-0.25, -0.2) is 9.78 Å². The fraction of sp³-hybridized carbons (Fsp3) is 0.579. The first-order valence-corrected chi connectivity index (χ1v) is 9.99. The molecule has 4 atom stereocenters. The van der Waals surface area contributed by atoms with Crippen molar-refractivity contribution in [3.8, 4) is 0 Å². The molecule has 4 unspecified atom stereocenters. The molecule has 0 aliphatic carbocycles. The smallest absolute Gasteiger partial charge is 0.326 e. The van der Waals surface area contributed by atoms with E-state index in [-0.39, 0.29) is 18.8 Å². The van der Waals surface area contributed by atoms with Crippen molar-refractivity contribution in [2.75, 3.05) is 0 Å². The Bertz CT molecular complexity index is 811. The highest BCUT2D eigenvalue weighted by molar-refractivity contribution is 5.94. The predicted molar refractivity (Wildman–Crippen MR) is 111 cm³/mol. The summed E-state index contributed by atoms with van der Waals surface area (Å²) >= 11 is 0. The Labute approximate surface area is 184 Å². The molecule has 0 bridgehead atoms.